The first-order valence-electron chi connectivity index (χ1n) is 8.74. The van der Waals surface area contributed by atoms with Gasteiger partial charge < -0.3 is 23.7 Å². The molecule has 3 unspecified atom stereocenters. The maximum Gasteiger partial charge on any atom is 0.313 e. The summed E-state index contributed by atoms with van der Waals surface area (Å²) in [4.78, 5) is 12.4. The molecule has 3 aliphatic rings. The van der Waals surface area contributed by atoms with E-state index in [1.54, 1.807) is 0 Å². The predicted octanol–water partition coefficient (Wildman–Crippen LogP) is 2.88. The Labute approximate surface area is 150 Å². The van der Waals surface area contributed by atoms with Gasteiger partial charge in [0.1, 0.15) is 30.1 Å². The molecule has 1 saturated heterocycles. The Kier molecular flexibility index (Phi) is 3.45. The minimum absolute atomic E-state index is 0.163. The molecule has 3 heterocycles. The molecular weight excluding hydrogens is 336 g/mol. The number of cyclic esters (lactones) is 1. The molecule has 3 atom stereocenters. The Hall–Kier alpha value is -2.89. The number of hydrogen-bond donors (Lipinski definition) is 0. The summed E-state index contributed by atoms with van der Waals surface area (Å²) in [6.45, 7) is 3.02. The van der Waals surface area contributed by atoms with Crippen LogP contribution in [0.25, 0.3) is 0 Å². The zero-order chi connectivity index (χ0) is 17.7. The van der Waals surface area contributed by atoms with Crippen molar-refractivity contribution in [3.8, 4) is 23.0 Å². The normalized spacial score (nSPS) is 25.1. The fourth-order valence-electron chi connectivity index (χ4n) is 3.94. The zero-order valence-electron chi connectivity index (χ0n) is 14.3. The average molecular weight is 354 g/mol. The van der Waals surface area contributed by atoms with E-state index in [0.29, 0.717) is 23.9 Å². The standard InChI is InChI=1S/C20H18O6/c1-2-22-12-5-3-11(4-6-12)18-13-7-15-16(25-10-24-15)8-14(13)26-17-9-23-20(21)19(17)18/h3-8,17-19H,2,9-10H2,1H3. The summed E-state index contributed by atoms with van der Waals surface area (Å²) in [7, 11) is 0. The number of fused-ring (bicyclic) bond motifs is 3. The molecule has 2 aromatic rings. The van der Waals surface area contributed by atoms with Gasteiger partial charge in [-0.25, -0.2) is 0 Å². The molecule has 0 bridgehead atoms. The highest BCUT2D eigenvalue weighted by Crippen LogP contribution is 2.50. The number of hydrogen-bond acceptors (Lipinski definition) is 6. The van der Waals surface area contributed by atoms with E-state index < -0.39 is 0 Å². The van der Waals surface area contributed by atoms with Crippen LogP contribution in [0.2, 0.25) is 0 Å². The summed E-state index contributed by atoms with van der Waals surface area (Å²) in [5, 5.41) is 0. The van der Waals surface area contributed by atoms with Gasteiger partial charge in [-0.3, -0.25) is 4.79 Å². The number of rotatable bonds is 3. The monoisotopic (exact) mass is 354 g/mol. The Morgan fingerprint density at radius 1 is 1.04 bits per heavy atom. The smallest absolute Gasteiger partial charge is 0.313 e. The number of ether oxygens (including phenoxy) is 5. The molecule has 1 fully saturated rings. The SMILES string of the molecule is CCOc1ccc(C2c3cc4c(cc3OC3COC(=O)C32)OCO4)cc1. The quantitative estimate of drug-likeness (QED) is 0.790. The van der Waals surface area contributed by atoms with E-state index in [9.17, 15) is 4.79 Å². The van der Waals surface area contributed by atoms with Gasteiger partial charge in [-0.05, 0) is 30.7 Å². The molecule has 134 valence electrons. The lowest BCUT2D eigenvalue weighted by molar-refractivity contribution is -0.141. The van der Waals surface area contributed by atoms with Crippen molar-refractivity contribution in [3.63, 3.8) is 0 Å². The van der Waals surface area contributed by atoms with Crippen LogP contribution < -0.4 is 18.9 Å². The number of carbonyl (C=O) groups excluding carboxylic acids is 1. The van der Waals surface area contributed by atoms with Crippen LogP contribution in [0.5, 0.6) is 23.0 Å². The Bertz CT molecular complexity index is 859. The van der Waals surface area contributed by atoms with Crippen LogP contribution in [0, 0.1) is 5.92 Å². The maximum absolute atomic E-state index is 12.4. The van der Waals surface area contributed by atoms with E-state index >= 15 is 0 Å². The van der Waals surface area contributed by atoms with Crippen LogP contribution in [0.15, 0.2) is 36.4 Å². The molecule has 3 aliphatic heterocycles. The van der Waals surface area contributed by atoms with Crippen molar-refractivity contribution >= 4 is 5.97 Å². The van der Waals surface area contributed by atoms with Gasteiger partial charge in [0.2, 0.25) is 6.79 Å². The van der Waals surface area contributed by atoms with Crippen molar-refractivity contribution in [1.29, 1.82) is 0 Å². The van der Waals surface area contributed by atoms with Crippen LogP contribution in [0.1, 0.15) is 24.0 Å². The second-order valence-corrected chi connectivity index (χ2v) is 6.54. The summed E-state index contributed by atoms with van der Waals surface area (Å²) in [5.41, 5.74) is 1.93. The van der Waals surface area contributed by atoms with Gasteiger partial charge in [0, 0.05) is 17.5 Å². The van der Waals surface area contributed by atoms with Gasteiger partial charge in [-0.2, -0.15) is 0 Å². The molecule has 0 saturated carbocycles. The molecular formula is C20H18O6. The lowest BCUT2D eigenvalue weighted by Crippen LogP contribution is -2.37. The van der Waals surface area contributed by atoms with Crippen molar-refractivity contribution in [2.45, 2.75) is 18.9 Å². The van der Waals surface area contributed by atoms with Gasteiger partial charge >= 0.3 is 5.97 Å². The maximum atomic E-state index is 12.4. The highest BCUT2D eigenvalue weighted by Gasteiger charge is 2.49. The van der Waals surface area contributed by atoms with Crippen LogP contribution in [-0.2, 0) is 9.53 Å². The Morgan fingerprint density at radius 3 is 2.58 bits per heavy atom. The third-order valence-corrected chi connectivity index (χ3v) is 5.09. The molecule has 6 nitrogen and oxygen atoms in total. The summed E-state index contributed by atoms with van der Waals surface area (Å²) in [6, 6.07) is 11.6. The molecule has 0 spiro atoms. The highest BCUT2D eigenvalue weighted by molar-refractivity contribution is 5.79. The zero-order valence-corrected chi connectivity index (χ0v) is 14.3. The molecule has 0 aromatic heterocycles. The van der Waals surface area contributed by atoms with Crippen LogP contribution in [-0.4, -0.2) is 32.1 Å². The molecule has 26 heavy (non-hydrogen) atoms. The van der Waals surface area contributed by atoms with E-state index in [-0.39, 0.29) is 37.3 Å². The topological polar surface area (TPSA) is 63.2 Å². The molecule has 2 aromatic carbocycles. The number of esters is 1. The van der Waals surface area contributed by atoms with Gasteiger partial charge in [0.05, 0.1) is 6.61 Å². The molecule has 0 radical (unpaired) electrons. The van der Waals surface area contributed by atoms with Gasteiger partial charge in [-0.1, -0.05) is 12.1 Å². The highest BCUT2D eigenvalue weighted by atomic mass is 16.7. The Morgan fingerprint density at radius 2 is 1.81 bits per heavy atom. The second-order valence-electron chi connectivity index (χ2n) is 6.54. The van der Waals surface area contributed by atoms with Gasteiger partial charge in [0.25, 0.3) is 0 Å². The Balaban J connectivity index is 1.62. The van der Waals surface area contributed by atoms with Crippen molar-refractivity contribution in [1.82, 2.24) is 0 Å². The lowest BCUT2D eigenvalue weighted by atomic mass is 9.76. The third-order valence-electron chi connectivity index (χ3n) is 5.09. The first-order chi connectivity index (χ1) is 12.7. The molecule has 6 heteroatoms. The molecule has 0 amide bonds. The van der Waals surface area contributed by atoms with Crippen LogP contribution in [0.4, 0.5) is 0 Å². The summed E-state index contributed by atoms with van der Waals surface area (Å²) < 4.78 is 27.9. The lowest BCUT2D eigenvalue weighted by Gasteiger charge is -2.33. The fraction of sp³-hybridized carbons (Fsp3) is 0.350. The van der Waals surface area contributed by atoms with Crippen molar-refractivity contribution < 1.29 is 28.5 Å². The van der Waals surface area contributed by atoms with Gasteiger partial charge in [-0.15, -0.1) is 0 Å². The molecule has 0 aliphatic carbocycles. The van der Waals surface area contributed by atoms with Crippen molar-refractivity contribution in [3.05, 3.63) is 47.5 Å². The summed E-state index contributed by atoms with van der Waals surface area (Å²) in [6.07, 6.45) is -0.299. The van der Waals surface area contributed by atoms with E-state index in [0.717, 1.165) is 16.9 Å². The summed E-state index contributed by atoms with van der Waals surface area (Å²) in [5.74, 6) is 2.10. The van der Waals surface area contributed by atoms with Crippen LogP contribution >= 0.6 is 0 Å². The minimum atomic E-state index is -0.374. The first kappa shape index (κ1) is 15.4. The second kappa shape index (κ2) is 5.83. The minimum Gasteiger partial charge on any atom is -0.494 e. The van der Waals surface area contributed by atoms with Crippen molar-refractivity contribution in [2.75, 3.05) is 20.0 Å². The van der Waals surface area contributed by atoms with E-state index in [1.165, 1.54) is 0 Å². The van der Waals surface area contributed by atoms with E-state index in [1.807, 2.05) is 43.3 Å². The molecule has 0 N–H and O–H groups in total. The van der Waals surface area contributed by atoms with E-state index in [2.05, 4.69) is 0 Å². The van der Waals surface area contributed by atoms with Gasteiger partial charge in [0.15, 0.2) is 11.5 Å². The predicted molar refractivity (Wildman–Crippen MR) is 90.9 cm³/mol. The fourth-order valence-corrected chi connectivity index (χ4v) is 3.94. The largest absolute Gasteiger partial charge is 0.494 e. The summed E-state index contributed by atoms with van der Waals surface area (Å²) >= 11 is 0. The third kappa shape index (κ3) is 2.29. The number of benzene rings is 2. The number of carbonyl (C=O) groups is 1. The average Bonchev–Trinajstić information content (AvgIpc) is 3.25. The van der Waals surface area contributed by atoms with Crippen molar-refractivity contribution in [2.24, 2.45) is 5.92 Å². The van der Waals surface area contributed by atoms with Crippen LogP contribution in [0.3, 0.4) is 0 Å². The van der Waals surface area contributed by atoms with E-state index in [4.69, 9.17) is 23.7 Å². The molecule has 5 rings (SSSR count). The first-order valence-corrected chi connectivity index (χ1v) is 8.74.